The number of anilines is 1. The van der Waals surface area contributed by atoms with Crippen LogP contribution in [0, 0.1) is 11.7 Å². The summed E-state index contributed by atoms with van der Waals surface area (Å²) in [6.07, 6.45) is 6.81. The van der Waals surface area contributed by atoms with E-state index in [4.69, 9.17) is 9.59 Å². The molecule has 0 spiro atoms. The molecule has 0 saturated carbocycles. The Morgan fingerprint density at radius 1 is 1.03 bits per heavy atom. The highest BCUT2D eigenvalue weighted by Gasteiger charge is 2.28. The topological polar surface area (TPSA) is 71.3 Å². The van der Waals surface area contributed by atoms with Crippen LogP contribution in [-0.4, -0.2) is 59.4 Å². The van der Waals surface area contributed by atoms with E-state index in [2.05, 4.69) is 88.8 Å². The Morgan fingerprint density at radius 3 is 2.29 bits per heavy atom. The zero-order valence-corrected chi connectivity index (χ0v) is 23.2. The van der Waals surface area contributed by atoms with Crippen LogP contribution in [0.3, 0.4) is 0 Å². The van der Waals surface area contributed by atoms with Crippen molar-refractivity contribution in [1.29, 1.82) is 0 Å². The first-order valence-corrected chi connectivity index (χ1v) is 13.1. The second kappa shape index (κ2) is 15.8. The van der Waals surface area contributed by atoms with Crippen LogP contribution < -0.4 is 4.90 Å². The number of benzene rings is 2. The van der Waals surface area contributed by atoms with Crippen molar-refractivity contribution >= 4 is 19.3 Å². The van der Waals surface area contributed by atoms with Gasteiger partial charge in [-0.3, -0.25) is 4.90 Å². The molecule has 206 valence electrons. The highest BCUT2D eigenvalue weighted by molar-refractivity contribution is 5.49. The van der Waals surface area contributed by atoms with Gasteiger partial charge in [0.15, 0.2) is 0 Å². The van der Waals surface area contributed by atoms with E-state index in [1.807, 2.05) is 19.6 Å². The van der Waals surface area contributed by atoms with Gasteiger partial charge < -0.3 is 19.1 Å². The molecule has 0 aliphatic carbocycles. The minimum atomic E-state index is -0.109. The first-order chi connectivity index (χ1) is 18.4. The lowest BCUT2D eigenvalue weighted by molar-refractivity contribution is -0.0987. The number of carbonyl (C=O) groups excluding carboxylic acids is 2. The number of nitrogens with zero attached hydrogens (tertiary/aromatic N) is 5. The predicted molar refractivity (Wildman–Crippen MR) is 151 cm³/mol. The maximum atomic E-state index is 15.1. The van der Waals surface area contributed by atoms with Gasteiger partial charge in [-0.2, -0.15) is 0 Å². The molecule has 1 saturated heterocycles. The van der Waals surface area contributed by atoms with Gasteiger partial charge >= 0.3 is 0 Å². The summed E-state index contributed by atoms with van der Waals surface area (Å²) in [7, 11) is 2.10. The Balaban J connectivity index is 0.00000121. The molecule has 1 aromatic heterocycles. The molecule has 4 rings (SSSR count). The third kappa shape index (κ3) is 8.31. The van der Waals surface area contributed by atoms with Crippen LogP contribution in [0.1, 0.15) is 63.1 Å². The molecule has 2 heterocycles. The van der Waals surface area contributed by atoms with Gasteiger partial charge in [0.25, 0.3) is 0 Å². The normalized spacial score (nSPS) is 18.5. The SMILES string of the molecule is C=O.C=O.CC(CC[C@H](C)N(C)Cc1ccc(N2CCC(n3cnnc3)C(C)C2)cc1F)c1ccccc1. The summed E-state index contributed by atoms with van der Waals surface area (Å²) in [6, 6.07) is 17.2. The molecule has 2 aromatic carbocycles. The summed E-state index contributed by atoms with van der Waals surface area (Å²) >= 11 is 0. The van der Waals surface area contributed by atoms with Crippen molar-refractivity contribution in [1.82, 2.24) is 19.7 Å². The second-order valence-corrected chi connectivity index (χ2v) is 10.1. The van der Waals surface area contributed by atoms with E-state index in [0.717, 1.165) is 43.6 Å². The van der Waals surface area contributed by atoms with Crippen molar-refractivity contribution in [3.8, 4) is 0 Å². The molecule has 7 nitrogen and oxygen atoms in total. The van der Waals surface area contributed by atoms with E-state index < -0.39 is 0 Å². The Labute approximate surface area is 226 Å². The van der Waals surface area contributed by atoms with Gasteiger partial charge in [0.1, 0.15) is 32.1 Å². The molecule has 3 unspecified atom stereocenters. The fourth-order valence-electron chi connectivity index (χ4n) is 5.14. The minimum Gasteiger partial charge on any atom is -0.371 e. The molecule has 1 fully saturated rings. The molecule has 3 aromatic rings. The molecule has 0 bridgehead atoms. The summed E-state index contributed by atoms with van der Waals surface area (Å²) < 4.78 is 17.2. The summed E-state index contributed by atoms with van der Waals surface area (Å²) in [5.41, 5.74) is 3.13. The molecular weight excluding hydrogens is 481 g/mol. The summed E-state index contributed by atoms with van der Waals surface area (Å²) in [5.74, 6) is 0.866. The van der Waals surface area contributed by atoms with Gasteiger partial charge in [0, 0.05) is 43.0 Å². The molecule has 0 N–H and O–H groups in total. The number of carbonyl (C=O) groups is 2. The molecule has 0 radical (unpaired) electrons. The molecule has 1 aliphatic heterocycles. The van der Waals surface area contributed by atoms with E-state index >= 15 is 4.39 Å². The van der Waals surface area contributed by atoms with Crippen molar-refractivity contribution in [3.05, 3.63) is 78.1 Å². The maximum Gasteiger partial charge on any atom is 0.129 e. The van der Waals surface area contributed by atoms with Crippen LogP contribution in [0.25, 0.3) is 0 Å². The van der Waals surface area contributed by atoms with Crippen LogP contribution in [0.5, 0.6) is 0 Å². The number of hydrogen-bond donors (Lipinski definition) is 0. The number of hydrogen-bond acceptors (Lipinski definition) is 6. The molecule has 4 atom stereocenters. The standard InChI is InChI=1S/C28H38FN5.2CH2O/c1-21(24-8-6-5-7-9-24)10-11-23(3)32(4)18-25-12-13-26(16-27(25)29)33-15-14-28(22(2)17-33)34-19-30-31-20-34;2*1-2/h5-9,12-13,16,19-23,28H,10-11,14-15,17-18H2,1-4H3;2*1H2/t21?,22?,23-,28?;;/m0../s1. The Bertz CT molecular complexity index is 1060. The summed E-state index contributed by atoms with van der Waals surface area (Å²) in [4.78, 5) is 20.6. The third-order valence-corrected chi connectivity index (χ3v) is 7.64. The summed E-state index contributed by atoms with van der Waals surface area (Å²) in [5, 5.41) is 7.89. The monoisotopic (exact) mass is 523 g/mol. The van der Waals surface area contributed by atoms with E-state index in [9.17, 15) is 0 Å². The van der Waals surface area contributed by atoms with Gasteiger partial charge in [-0.15, -0.1) is 10.2 Å². The second-order valence-electron chi connectivity index (χ2n) is 10.1. The summed E-state index contributed by atoms with van der Waals surface area (Å²) in [6.45, 7) is 13.2. The van der Waals surface area contributed by atoms with Crippen LogP contribution >= 0.6 is 0 Å². The van der Waals surface area contributed by atoms with Crippen molar-refractivity contribution in [2.24, 2.45) is 5.92 Å². The quantitative estimate of drug-likeness (QED) is 0.367. The van der Waals surface area contributed by atoms with Crippen molar-refractivity contribution in [2.45, 2.75) is 64.6 Å². The van der Waals surface area contributed by atoms with E-state index in [-0.39, 0.29) is 5.82 Å². The number of aromatic nitrogens is 3. The lowest BCUT2D eigenvalue weighted by Gasteiger charge is -2.38. The van der Waals surface area contributed by atoms with Crippen LogP contribution in [0.2, 0.25) is 0 Å². The Hall–Kier alpha value is -3.39. The highest BCUT2D eigenvalue weighted by Crippen LogP contribution is 2.31. The van der Waals surface area contributed by atoms with Crippen molar-refractivity contribution in [2.75, 3.05) is 25.0 Å². The Morgan fingerprint density at radius 2 is 1.68 bits per heavy atom. The zero-order valence-electron chi connectivity index (χ0n) is 23.2. The van der Waals surface area contributed by atoms with Gasteiger partial charge in [-0.25, -0.2) is 4.39 Å². The van der Waals surface area contributed by atoms with Gasteiger partial charge in [0.2, 0.25) is 0 Å². The zero-order chi connectivity index (χ0) is 28.1. The van der Waals surface area contributed by atoms with Crippen LogP contribution in [0.15, 0.2) is 61.2 Å². The Kier molecular flexibility index (Phi) is 12.8. The predicted octanol–water partition coefficient (Wildman–Crippen LogP) is 5.54. The molecule has 0 amide bonds. The van der Waals surface area contributed by atoms with Gasteiger partial charge in [-0.1, -0.05) is 50.2 Å². The van der Waals surface area contributed by atoms with Crippen molar-refractivity contribution < 1.29 is 14.0 Å². The van der Waals surface area contributed by atoms with Crippen LogP contribution in [-0.2, 0) is 16.1 Å². The fraction of sp³-hybridized carbons (Fsp3) is 0.467. The average Bonchev–Trinajstić information content (AvgIpc) is 3.50. The van der Waals surface area contributed by atoms with Gasteiger partial charge in [-0.05, 0) is 62.8 Å². The van der Waals surface area contributed by atoms with Gasteiger partial charge in [0.05, 0.1) is 0 Å². The van der Waals surface area contributed by atoms with Crippen molar-refractivity contribution in [3.63, 3.8) is 0 Å². The first kappa shape index (κ1) is 30.8. The lowest BCUT2D eigenvalue weighted by atomic mass is 9.93. The van der Waals surface area contributed by atoms with E-state index in [0.29, 0.717) is 30.5 Å². The first-order valence-electron chi connectivity index (χ1n) is 13.1. The number of piperidine rings is 1. The van der Waals surface area contributed by atoms with E-state index in [1.165, 1.54) is 5.56 Å². The average molecular weight is 524 g/mol. The maximum absolute atomic E-state index is 15.1. The van der Waals surface area contributed by atoms with Crippen LogP contribution in [0.4, 0.5) is 10.1 Å². The lowest BCUT2D eigenvalue weighted by Crippen LogP contribution is -2.40. The largest absolute Gasteiger partial charge is 0.371 e. The number of halogens is 1. The molecule has 1 aliphatic rings. The fourth-order valence-corrected chi connectivity index (χ4v) is 5.14. The third-order valence-electron chi connectivity index (χ3n) is 7.64. The molecule has 8 heteroatoms. The molecule has 38 heavy (non-hydrogen) atoms. The minimum absolute atomic E-state index is 0.109. The van der Waals surface area contributed by atoms with E-state index in [1.54, 1.807) is 18.7 Å². The highest BCUT2D eigenvalue weighted by atomic mass is 19.1. The smallest absolute Gasteiger partial charge is 0.129 e. The number of rotatable bonds is 9. The molecular formula is C30H42FN5O2.